The molecule has 0 unspecified atom stereocenters. The van der Waals surface area contributed by atoms with Crippen molar-refractivity contribution in [2.45, 2.75) is 45.3 Å². The maximum atomic E-state index is 13.3. The molecule has 1 atom stereocenters. The number of rotatable bonds is 6. The summed E-state index contributed by atoms with van der Waals surface area (Å²) in [5, 5.41) is 11.1. The third kappa shape index (κ3) is 5.57. The minimum absolute atomic E-state index is 0.195. The Bertz CT molecular complexity index is 1150. The summed E-state index contributed by atoms with van der Waals surface area (Å²) in [6.45, 7) is 5.91. The van der Waals surface area contributed by atoms with Crippen LogP contribution in [0.15, 0.2) is 47.7 Å². The first-order valence-electron chi connectivity index (χ1n) is 11.2. The Morgan fingerprint density at radius 2 is 2.00 bits per heavy atom. The standard InChI is InChI=1S/C26H31Cl2N3O3/c1-15-23(29)20(9-10-31(15)25(32)19-7-6-8-21(34-5)22(19)28)24(30-4)17-11-16(12-18(27)13-17)14-26(2,3)33/h6-8,11-13,15,33H,9-10,14,29H2,1-5H3/p+1/t15-/m0/s1. The Hall–Kier alpha value is -2.54. The van der Waals surface area contributed by atoms with Gasteiger partial charge in [-0.3, -0.25) is 4.79 Å². The van der Waals surface area contributed by atoms with Gasteiger partial charge in [0.25, 0.3) is 5.91 Å². The Morgan fingerprint density at radius 1 is 1.29 bits per heavy atom. The van der Waals surface area contributed by atoms with Crippen LogP contribution in [-0.4, -0.2) is 54.0 Å². The molecule has 8 heteroatoms. The van der Waals surface area contributed by atoms with Gasteiger partial charge in [0.2, 0.25) is 5.71 Å². The number of hydrogen-bond acceptors (Lipinski definition) is 4. The summed E-state index contributed by atoms with van der Waals surface area (Å²) in [6.07, 6.45) is 1.03. The number of nitrogens with one attached hydrogen (secondary N) is 1. The molecule has 1 aliphatic rings. The molecule has 0 radical (unpaired) electrons. The minimum atomic E-state index is -0.859. The summed E-state index contributed by atoms with van der Waals surface area (Å²) < 4.78 is 5.26. The van der Waals surface area contributed by atoms with E-state index in [1.807, 2.05) is 32.2 Å². The van der Waals surface area contributed by atoms with Crippen LogP contribution in [0.3, 0.4) is 0 Å². The van der Waals surface area contributed by atoms with E-state index in [-0.39, 0.29) is 17.0 Å². The van der Waals surface area contributed by atoms with Gasteiger partial charge >= 0.3 is 0 Å². The van der Waals surface area contributed by atoms with Gasteiger partial charge in [0.15, 0.2) is 0 Å². The maximum absolute atomic E-state index is 13.3. The number of carbonyl (C=O) groups excluding carboxylic acids is 1. The molecule has 0 saturated heterocycles. The van der Waals surface area contributed by atoms with Crippen LogP contribution < -0.4 is 15.5 Å². The number of nitrogens with two attached hydrogens (primary N) is 1. The van der Waals surface area contributed by atoms with Crippen LogP contribution in [0.5, 0.6) is 5.75 Å². The second kappa shape index (κ2) is 10.4. The van der Waals surface area contributed by atoms with Gasteiger partial charge in [-0.05, 0) is 63.1 Å². The van der Waals surface area contributed by atoms with Gasteiger partial charge in [0.05, 0.1) is 29.3 Å². The molecule has 1 aliphatic heterocycles. The van der Waals surface area contributed by atoms with Crippen molar-refractivity contribution in [2.24, 2.45) is 5.73 Å². The van der Waals surface area contributed by atoms with Crippen molar-refractivity contribution >= 4 is 34.8 Å². The number of ether oxygens (including phenoxy) is 1. The fourth-order valence-electron chi connectivity index (χ4n) is 4.39. The van der Waals surface area contributed by atoms with Crippen LogP contribution in [0.25, 0.3) is 0 Å². The lowest BCUT2D eigenvalue weighted by Crippen LogP contribution is -2.69. The summed E-state index contributed by atoms with van der Waals surface area (Å²) in [6, 6.07) is 10.6. The van der Waals surface area contributed by atoms with Gasteiger partial charge in [-0.25, -0.2) is 4.99 Å². The summed E-state index contributed by atoms with van der Waals surface area (Å²) in [4.78, 5) is 18.3. The molecule has 6 nitrogen and oxygen atoms in total. The molecule has 3 rings (SSSR count). The van der Waals surface area contributed by atoms with E-state index >= 15 is 0 Å². The average molecular weight is 505 g/mol. The Labute approximate surface area is 211 Å². The van der Waals surface area contributed by atoms with Crippen LogP contribution in [0.2, 0.25) is 10.0 Å². The second-order valence-corrected chi connectivity index (χ2v) is 9.96. The van der Waals surface area contributed by atoms with Crippen molar-refractivity contribution in [3.05, 3.63) is 74.4 Å². The summed E-state index contributed by atoms with van der Waals surface area (Å²) in [5.74, 6) is 0.259. The number of hydrogen-bond donors (Lipinski definition) is 3. The fraction of sp³-hybridized carbons (Fsp3) is 0.385. The third-order valence-corrected chi connectivity index (χ3v) is 6.59. The van der Waals surface area contributed by atoms with Gasteiger partial charge in [-0.2, -0.15) is 0 Å². The van der Waals surface area contributed by atoms with Crippen molar-refractivity contribution in [3.63, 3.8) is 0 Å². The first-order valence-corrected chi connectivity index (χ1v) is 11.9. The summed E-state index contributed by atoms with van der Waals surface area (Å²) in [7, 11) is 3.36. The van der Waals surface area contributed by atoms with E-state index in [4.69, 9.17) is 33.7 Å². The Balaban J connectivity index is 1.94. The van der Waals surface area contributed by atoms with E-state index in [0.717, 1.165) is 22.4 Å². The molecule has 0 aromatic heterocycles. The SMILES string of the molecule is C[NH+]=C(C1=C(N)[C@H](C)N(C(=O)c2cccc(OC)c2Cl)CC1)c1cc(Cl)cc(CC(C)(C)O)c1. The molecule has 2 aromatic carbocycles. The largest absolute Gasteiger partial charge is 0.495 e. The topological polar surface area (TPSA) is 89.8 Å². The molecular weight excluding hydrogens is 473 g/mol. The molecule has 1 heterocycles. The second-order valence-electron chi connectivity index (χ2n) is 9.14. The molecule has 0 aliphatic carbocycles. The van der Waals surface area contributed by atoms with Crippen molar-refractivity contribution < 1.29 is 19.6 Å². The zero-order chi connectivity index (χ0) is 25.2. The number of amides is 1. The lowest BCUT2D eigenvalue weighted by molar-refractivity contribution is -0.418. The van der Waals surface area contributed by atoms with Crippen molar-refractivity contribution in [1.82, 2.24) is 4.90 Å². The molecular formula is C26H32Cl2N3O3+. The maximum Gasteiger partial charge on any atom is 0.256 e. The first kappa shape index (κ1) is 26.1. The Kier molecular flexibility index (Phi) is 7.96. The average Bonchev–Trinajstić information content (AvgIpc) is 2.75. The van der Waals surface area contributed by atoms with E-state index in [1.54, 1.807) is 36.9 Å². The van der Waals surface area contributed by atoms with E-state index in [2.05, 4.69) is 4.99 Å². The van der Waals surface area contributed by atoms with Crippen LogP contribution in [-0.2, 0) is 6.42 Å². The van der Waals surface area contributed by atoms with Crippen molar-refractivity contribution in [3.8, 4) is 5.75 Å². The predicted molar refractivity (Wildman–Crippen MR) is 137 cm³/mol. The van der Waals surface area contributed by atoms with Gasteiger partial charge in [-0.1, -0.05) is 29.3 Å². The Morgan fingerprint density at radius 3 is 2.62 bits per heavy atom. The van der Waals surface area contributed by atoms with Crippen molar-refractivity contribution in [2.75, 3.05) is 20.7 Å². The zero-order valence-electron chi connectivity index (χ0n) is 20.2. The molecule has 0 spiro atoms. The number of benzene rings is 2. The molecule has 34 heavy (non-hydrogen) atoms. The van der Waals surface area contributed by atoms with E-state index < -0.39 is 5.60 Å². The molecule has 0 fully saturated rings. The van der Waals surface area contributed by atoms with Crippen LogP contribution in [0, 0.1) is 0 Å². The highest BCUT2D eigenvalue weighted by molar-refractivity contribution is 6.35. The summed E-state index contributed by atoms with van der Waals surface area (Å²) in [5.41, 5.74) is 10.3. The molecule has 2 aromatic rings. The normalized spacial score (nSPS) is 17.2. The van der Waals surface area contributed by atoms with Gasteiger partial charge in [0, 0.05) is 34.8 Å². The highest BCUT2D eigenvalue weighted by Gasteiger charge is 2.34. The van der Waals surface area contributed by atoms with E-state index in [9.17, 15) is 9.90 Å². The van der Waals surface area contributed by atoms with Gasteiger partial charge in [0.1, 0.15) is 12.8 Å². The molecule has 4 N–H and O–H groups in total. The number of methoxy groups -OCH3 is 1. The van der Waals surface area contributed by atoms with Crippen LogP contribution in [0.1, 0.15) is 48.7 Å². The quantitative estimate of drug-likeness (QED) is 0.527. The van der Waals surface area contributed by atoms with E-state index in [0.29, 0.717) is 41.4 Å². The number of nitrogens with zero attached hydrogens (tertiary/aromatic N) is 1. The molecule has 182 valence electrons. The van der Waals surface area contributed by atoms with Crippen LogP contribution in [0.4, 0.5) is 0 Å². The van der Waals surface area contributed by atoms with E-state index in [1.165, 1.54) is 7.11 Å². The first-order chi connectivity index (χ1) is 16.0. The van der Waals surface area contributed by atoms with Gasteiger partial charge < -0.3 is 20.5 Å². The number of halogens is 2. The predicted octanol–water partition coefficient (Wildman–Crippen LogP) is 2.96. The summed E-state index contributed by atoms with van der Waals surface area (Å²) >= 11 is 12.8. The fourth-order valence-corrected chi connectivity index (χ4v) is 4.93. The van der Waals surface area contributed by atoms with Gasteiger partial charge in [-0.15, -0.1) is 0 Å². The minimum Gasteiger partial charge on any atom is -0.495 e. The van der Waals surface area contributed by atoms with Crippen molar-refractivity contribution in [1.29, 1.82) is 0 Å². The number of aliphatic hydroxyl groups is 1. The molecule has 0 bridgehead atoms. The van der Waals surface area contributed by atoms with Crippen LogP contribution >= 0.6 is 23.2 Å². The monoisotopic (exact) mass is 504 g/mol. The molecule has 0 saturated carbocycles. The third-order valence-electron chi connectivity index (χ3n) is 5.98. The number of carbonyl (C=O) groups is 1. The highest BCUT2D eigenvalue weighted by atomic mass is 35.5. The smallest absolute Gasteiger partial charge is 0.256 e. The zero-order valence-corrected chi connectivity index (χ0v) is 21.7. The molecule has 1 amide bonds. The lowest BCUT2D eigenvalue weighted by atomic mass is 9.89. The lowest BCUT2D eigenvalue weighted by Gasteiger charge is -2.35. The highest BCUT2D eigenvalue weighted by Crippen LogP contribution is 2.31.